The van der Waals surface area contributed by atoms with Gasteiger partial charge in [-0.3, -0.25) is 0 Å². The third kappa shape index (κ3) is 3.38. The Labute approximate surface area is 133 Å². The van der Waals surface area contributed by atoms with Gasteiger partial charge in [-0.2, -0.15) is 0 Å². The van der Waals surface area contributed by atoms with E-state index in [-0.39, 0.29) is 16.9 Å². The minimum atomic E-state index is -1.31. The van der Waals surface area contributed by atoms with Gasteiger partial charge in [-0.15, -0.1) is 0 Å². The van der Waals surface area contributed by atoms with Gasteiger partial charge in [0.05, 0.1) is 16.9 Å². The Morgan fingerprint density at radius 2 is 1.95 bits per heavy atom. The predicted octanol–water partition coefficient (Wildman–Crippen LogP) is 4.65. The second kappa shape index (κ2) is 6.21. The molecule has 6 heteroatoms. The van der Waals surface area contributed by atoms with Gasteiger partial charge in [0.25, 0.3) is 0 Å². The summed E-state index contributed by atoms with van der Waals surface area (Å²) in [6.07, 6.45) is 1.34. The van der Waals surface area contributed by atoms with Crippen molar-refractivity contribution in [3.63, 3.8) is 0 Å². The van der Waals surface area contributed by atoms with E-state index in [1.165, 1.54) is 24.3 Å². The smallest absolute Gasteiger partial charge is 0.337 e. The molecule has 0 bridgehead atoms. The molecule has 0 radical (unpaired) electrons. The Balaban J connectivity index is 2.52. The lowest BCUT2D eigenvalue weighted by Crippen LogP contribution is -2.06. The van der Waals surface area contributed by atoms with Crippen LogP contribution in [-0.4, -0.2) is 11.1 Å². The van der Waals surface area contributed by atoms with Crippen molar-refractivity contribution in [1.82, 2.24) is 0 Å². The topological polar surface area (TPSA) is 49.3 Å². The summed E-state index contributed by atoms with van der Waals surface area (Å²) >= 11 is 1.94. The zero-order valence-corrected chi connectivity index (χ0v) is 12.8. The van der Waals surface area contributed by atoms with E-state index < -0.39 is 17.6 Å². The largest absolute Gasteiger partial charge is 0.478 e. The van der Waals surface area contributed by atoms with Crippen molar-refractivity contribution in [2.24, 2.45) is 0 Å². The molecule has 108 valence electrons. The van der Waals surface area contributed by atoms with Crippen LogP contribution in [0, 0.1) is 15.2 Å². The molecule has 0 atom stereocenters. The van der Waals surface area contributed by atoms with E-state index in [0.717, 1.165) is 6.07 Å². The average molecular weight is 401 g/mol. The number of hydrogen-bond acceptors (Lipinski definition) is 2. The molecule has 0 unspecified atom stereocenters. The number of anilines is 2. The molecule has 0 amide bonds. The first-order valence-electron chi connectivity index (χ1n) is 5.83. The molecule has 0 saturated carbocycles. The van der Waals surface area contributed by atoms with Crippen molar-refractivity contribution in [2.45, 2.75) is 0 Å². The number of rotatable bonds is 4. The molecule has 0 aliphatic carbocycles. The molecule has 2 aromatic carbocycles. The van der Waals surface area contributed by atoms with Gasteiger partial charge in [0.2, 0.25) is 0 Å². The molecule has 2 rings (SSSR count). The van der Waals surface area contributed by atoms with Gasteiger partial charge in [0.1, 0.15) is 11.6 Å². The summed E-state index contributed by atoms with van der Waals surface area (Å²) in [5, 5.41) is 11.7. The molecular formula is C15H10F2INO2. The van der Waals surface area contributed by atoms with Crippen molar-refractivity contribution in [3.8, 4) is 0 Å². The normalized spacial score (nSPS) is 10.2. The average Bonchev–Trinajstić information content (AvgIpc) is 2.42. The van der Waals surface area contributed by atoms with E-state index in [1.54, 1.807) is 6.07 Å². The molecule has 0 saturated heterocycles. The van der Waals surface area contributed by atoms with E-state index in [4.69, 9.17) is 5.11 Å². The maximum atomic E-state index is 14.1. The van der Waals surface area contributed by atoms with Crippen LogP contribution < -0.4 is 5.32 Å². The fraction of sp³-hybridized carbons (Fsp3) is 0. The third-order valence-corrected chi connectivity index (χ3v) is 3.44. The molecule has 0 aromatic heterocycles. The minimum Gasteiger partial charge on any atom is -0.478 e. The fourth-order valence-corrected chi connectivity index (χ4v) is 2.22. The van der Waals surface area contributed by atoms with E-state index in [9.17, 15) is 13.6 Å². The number of benzene rings is 2. The number of aromatic carboxylic acids is 1. The number of hydrogen-bond donors (Lipinski definition) is 2. The Morgan fingerprint density at radius 3 is 2.52 bits per heavy atom. The third-order valence-electron chi connectivity index (χ3n) is 2.77. The lowest BCUT2D eigenvalue weighted by molar-refractivity contribution is 0.0697. The van der Waals surface area contributed by atoms with Gasteiger partial charge in [-0.05, 0) is 58.5 Å². The molecule has 0 aliphatic rings. The van der Waals surface area contributed by atoms with Crippen molar-refractivity contribution in [3.05, 3.63) is 63.2 Å². The van der Waals surface area contributed by atoms with Gasteiger partial charge in [-0.1, -0.05) is 12.7 Å². The molecule has 0 aliphatic heterocycles. The van der Waals surface area contributed by atoms with Crippen molar-refractivity contribution in [2.75, 3.05) is 5.32 Å². The zero-order valence-electron chi connectivity index (χ0n) is 10.7. The molecule has 21 heavy (non-hydrogen) atoms. The zero-order chi connectivity index (χ0) is 15.6. The maximum Gasteiger partial charge on any atom is 0.337 e. The minimum absolute atomic E-state index is 0.00293. The van der Waals surface area contributed by atoms with Crippen LogP contribution in [0.1, 0.15) is 15.9 Å². The summed E-state index contributed by atoms with van der Waals surface area (Å²) in [5.41, 5.74) is -0.238. The second-order valence-corrected chi connectivity index (χ2v) is 5.43. The van der Waals surface area contributed by atoms with Crippen LogP contribution in [0.15, 0.2) is 36.9 Å². The van der Waals surface area contributed by atoms with E-state index >= 15 is 0 Å². The first kappa shape index (κ1) is 15.4. The van der Waals surface area contributed by atoms with Gasteiger partial charge < -0.3 is 10.4 Å². The highest BCUT2D eigenvalue weighted by Crippen LogP contribution is 2.28. The standard InChI is InChI=1S/C15H10F2INO2/c1-2-8-5-10(15(20)21)14(12(17)6-8)19-13-4-3-9(18)7-11(13)16/h2-7,19H,1H2,(H,20,21). The van der Waals surface area contributed by atoms with Crippen molar-refractivity contribution in [1.29, 1.82) is 0 Å². The highest BCUT2D eigenvalue weighted by molar-refractivity contribution is 14.1. The van der Waals surface area contributed by atoms with Crippen LogP contribution in [0.5, 0.6) is 0 Å². The second-order valence-electron chi connectivity index (χ2n) is 4.18. The maximum absolute atomic E-state index is 14.1. The van der Waals surface area contributed by atoms with Crippen LogP contribution in [-0.2, 0) is 0 Å². The van der Waals surface area contributed by atoms with Gasteiger partial charge >= 0.3 is 5.97 Å². The van der Waals surface area contributed by atoms with Gasteiger partial charge in [-0.25, -0.2) is 13.6 Å². The Bertz CT molecular complexity index is 732. The number of nitrogens with one attached hydrogen (secondary N) is 1. The van der Waals surface area contributed by atoms with E-state index in [2.05, 4.69) is 11.9 Å². The summed E-state index contributed by atoms with van der Waals surface area (Å²) in [5.74, 6) is -2.70. The van der Waals surface area contributed by atoms with Crippen LogP contribution in [0.4, 0.5) is 20.2 Å². The summed E-state index contributed by atoms with van der Waals surface area (Å²) in [6, 6.07) is 6.71. The number of carboxylic acids is 1. The van der Waals surface area contributed by atoms with Crippen molar-refractivity contribution >= 4 is 46.0 Å². The summed E-state index contributed by atoms with van der Waals surface area (Å²) in [4.78, 5) is 11.2. The Kier molecular flexibility index (Phi) is 4.56. The monoisotopic (exact) mass is 401 g/mol. The highest BCUT2D eigenvalue weighted by Gasteiger charge is 2.17. The molecule has 0 spiro atoms. The summed E-state index contributed by atoms with van der Waals surface area (Å²) in [6.45, 7) is 3.47. The number of carboxylic acid groups (broad SMARTS) is 1. The Morgan fingerprint density at radius 1 is 1.24 bits per heavy atom. The van der Waals surface area contributed by atoms with Crippen molar-refractivity contribution < 1.29 is 18.7 Å². The lowest BCUT2D eigenvalue weighted by Gasteiger charge is -2.12. The molecule has 3 nitrogen and oxygen atoms in total. The van der Waals surface area contributed by atoms with Crippen LogP contribution >= 0.6 is 22.6 Å². The predicted molar refractivity (Wildman–Crippen MR) is 85.9 cm³/mol. The molecule has 2 N–H and O–H groups in total. The summed E-state index contributed by atoms with van der Waals surface area (Å²) < 4.78 is 28.5. The Hall–Kier alpha value is -1.96. The first-order valence-corrected chi connectivity index (χ1v) is 6.91. The fourth-order valence-electron chi connectivity index (χ4n) is 1.77. The van der Waals surface area contributed by atoms with Crippen LogP contribution in [0.3, 0.4) is 0 Å². The SMILES string of the molecule is C=Cc1cc(F)c(Nc2ccc(I)cc2F)c(C(=O)O)c1. The van der Waals surface area contributed by atoms with Gasteiger partial charge in [0, 0.05) is 3.57 Å². The first-order chi connectivity index (χ1) is 9.92. The number of carbonyl (C=O) groups is 1. The highest BCUT2D eigenvalue weighted by atomic mass is 127. The molecule has 0 fully saturated rings. The van der Waals surface area contributed by atoms with Gasteiger partial charge in [0.15, 0.2) is 0 Å². The summed E-state index contributed by atoms with van der Waals surface area (Å²) in [7, 11) is 0. The van der Waals surface area contributed by atoms with E-state index in [1.807, 2.05) is 22.6 Å². The number of halogens is 3. The van der Waals surface area contributed by atoms with Crippen LogP contribution in [0.25, 0.3) is 6.08 Å². The van der Waals surface area contributed by atoms with Crippen LogP contribution in [0.2, 0.25) is 0 Å². The quantitative estimate of drug-likeness (QED) is 0.734. The molecular weight excluding hydrogens is 391 g/mol. The lowest BCUT2D eigenvalue weighted by atomic mass is 10.1. The molecule has 2 aromatic rings. The van der Waals surface area contributed by atoms with E-state index in [0.29, 0.717) is 9.13 Å². The molecule has 0 heterocycles.